The fourth-order valence-corrected chi connectivity index (χ4v) is 4.02. The van der Waals surface area contributed by atoms with Crippen LogP contribution in [0.15, 0.2) is 54.6 Å². The largest absolute Gasteiger partial charge is 0.207 e. The Morgan fingerprint density at radius 3 is 2.62 bits per heavy atom. The summed E-state index contributed by atoms with van der Waals surface area (Å²) in [7, 11) is 0. The third kappa shape index (κ3) is 2.96. The zero-order valence-electron chi connectivity index (χ0n) is 14.2. The maximum atomic E-state index is 13.4. The van der Waals surface area contributed by atoms with Crippen LogP contribution in [0.2, 0.25) is 0 Å². The third-order valence-corrected chi connectivity index (χ3v) is 5.34. The Bertz CT molecular complexity index is 878. The van der Waals surface area contributed by atoms with Gasteiger partial charge in [0.15, 0.2) is 0 Å². The number of hydrogen-bond acceptors (Lipinski definition) is 0. The zero-order valence-corrected chi connectivity index (χ0v) is 14.2. The first-order chi connectivity index (χ1) is 11.7. The highest BCUT2D eigenvalue weighted by Crippen LogP contribution is 2.34. The van der Waals surface area contributed by atoms with E-state index in [-0.39, 0.29) is 5.82 Å². The second-order valence-corrected chi connectivity index (χ2v) is 7.04. The van der Waals surface area contributed by atoms with Crippen molar-refractivity contribution in [2.75, 3.05) is 0 Å². The molecule has 1 aliphatic carbocycles. The number of aryl methyl sites for hydroxylation is 2. The Morgan fingerprint density at radius 2 is 1.75 bits per heavy atom. The van der Waals surface area contributed by atoms with Crippen LogP contribution in [0.3, 0.4) is 0 Å². The van der Waals surface area contributed by atoms with Crippen LogP contribution < -0.4 is 0 Å². The van der Waals surface area contributed by atoms with Crippen LogP contribution in [0.1, 0.15) is 47.9 Å². The highest BCUT2D eigenvalue weighted by Gasteiger charge is 2.20. The van der Waals surface area contributed by atoms with Gasteiger partial charge in [0, 0.05) is 0 Å². The lowest BCUT2D eigenvalue weighted by atomic mass is 9.80. The van der Waals surface area contributed by atoms with Crippen LogP contribution in [-0.4, -0.2) is 0 Å². The van der Waals surface area contributed by atoms with E-state index in [1.54, 1.807) is 12.1 Å². The molecule has 0 saturated heterocycles. The van der Waals surface area contributed by atoms with Crippen molar-refractivity contribution in [1.29, 1.82) is 0 Å². The standard InChI is InChI=1S/C23H23F/c1-2-3-16-4-5-18-13-19(7-6-17(18)12-16)20-8-9-22-15-23(24)11-10-21(22)14-20/h4-7,10-13,15,20H,2-3,8-9,14H2,1H3. The Hall–Kier alpha value is -2.15. The Labute approximate surface area is 143 Å². The van der Waals surface area contributed by atoms with Gasteiger partial charge in [0.05, 0.1) is 0 Å². The SMILES string of the molecule is CCCc1ccc2cc(C3CCc4cc(F)ccc4C3)ccc2c1. The van der Waals surface area contributed by atoms with Crippen LogP contribution >= 0.6 is 0 Å². The van der Waals surface area contributed by atoms with Crippen molar-refractivity contribution in [2.24, 2.45) is 0 Å². The van der Waals surface area contributed by atoms with Gasteiger partial charge in [-0.25, -0.2) is 4.39 Å². The number of rotatable bonds is 3. The van der Waals surface area contributed by atoms with Crippen molar-refractivity contribution >= 4 is 10.8 Å². The molecule has 0 spiro atoms. The molecule has 0 heterocycles. The topological polar surface area (TPSA) is 0 Å². The molecule has 1 atom stereocenters. The van der Waals surface area contributed by atoms with Crippen LogP contribution in [0.5, 0.6) is 0 Å². The van der Waals surface area contributed by atoms with Gasteiger partial charge in [-0.2, -0.15) is 0 Å². The second-order valence-electron chi connectivity index (χ2n) is 7.04. The first-order valence-corrected chi connectivity index (χ1v) is 9.03. The van der Waals surface area contributed by atoms with Crippen LogP contribution in [0.25, 0.3) is 10.8 Å². The van der Waals surface area contributed by atoms with Gasteiger partial charge in [-0.15, -0.1) is 0 Å². The highest BCUT2D eigenvalue weighted by molar-refractivity contribution is 5.84. The molecule has 0 fully saturated rings. The minimum absolute atomic E-state index is 0.110. The Balaban J connectivity index is 1.62. The summed E-state index contributed by atoms with van der Waals surface area (Å²) in [6, 6.07) is 19.0. The van der Waals surface area contributed by atoms with E-state index in [0.29, 0.717) is 5.92 Å². The van der Waals surface area contributed by atoms with Crippen molar-refractivity contribution < 1.29 is 4.39 Å². The van der Waals surface area contributed by atoms with Crippen molar-refractivity contribution in [1.82, 2.24) is 0 Å². The predicted molar refractivity (Wildman–Crippen MR) is 99.1 cm³/mol. The normalized spacial score (nSPS) is 17.0. The van der Waals surface area contributed by atoms with E-state index >= 15 is 0 Å². The number of fused-ring (bicyclic) bond motifs is 2. The van der Waals surface area contributed by atoms with Crippen molar-refractivity contribution in [3.63, 3.8) is 0 Å². The summed E-state index contributed by atoms with van der Waals surface area (Å²) in [6.07, 6.45) is 5.44. The summed E-state index contributed by atoms with van der Waals surface area (Å²) in [5.41, 5.74) is 5.34. The molecule has 0 radical (unpaired) electrons. The summed E-state index contributed by atoms with van der Waals surface area (Å²) in [4.78, 5) is 0. The van der Waals surface area contributed by atoms with Crippen LogP contribution in [0, 0.1) is 5.82 Å². The van der Waals surface area contributed by atoms with E-state index in [2.05, 4.69) is 43.3 Å². The quantitative estimate of drug-likeness (QED) is 0.539. The van der Waals surface area contributed by atoms with Crippen molar-refractivity contribution in [3.8, 4) is 0 Å². The molecule has 3 aromatic carbocycles. The fraction of sp³-hybridized carbons (Fsp3) is 0.304. The molecule has 1 heteroatoms. The van der Waals surface area contributed by atoms with E-state index in [9.17, 15) is 4.39 Å². The lowest BCUT2D eigenvalue weighted by Crippen LogP contribution is -2.13. The van der Waals surface area contributed by atoms with Gasteiger partial charge >= 0.3 is 0 Å². The molecule has 0 bridgehead atoms. The first-order valence-electron chi connectivity index (χ1n) is 9.03. The van der Waals surface area contributed by atoms with Gasteiger partial charge in [-0.05, 0) is 76.8 Å². The third-order valence-electron chi connectivity index (χ3n) is 5.34. The van der Waals surface area contributed by atoms with Crippen LogP contribution in [-0.2, 0) is 19.3 Å². The molecule has 4 rings (SSSR count). The highest BCUT2D eigenvalue weighted by atomic mass is 19.1. The van der Waals surface area contributed by atoms with Crippen molar-refractivity contribution in [2.45, 2.75) is 44.9 Å². The molecule has 24 heavy (non-hydrogen) atoms. The van der Waals surface area contributed by atoms with E-state index < -0.39 is 0 Å². The molecule has 0 aromatic heterocycles. The van der Waals surface area contributed by atoms with E-state index in [0.717, 1.165) is 25.7 Å². The Morgan fingerprint density at radius 1 is 0.917 bits per heavy atom. The monoisotopic (exact) mass is 318 g/mol. The molecule has 1 aliphatic rings. The average Bonchev–Trinajstić information content (AvgIpc) is 2.61. The van der Waals surface area contributed by atoms with E-state index in [1.807, 2.05) is 6.07 Å². The van der Waals surface area contributed by atoms with Crippen LogP contribution in [0.4, 0.5) is 4.39 Å². The predicted octanol–water partition coefficient (Wildman–Crippen LogP) is 6.20. The van der Waals surface area contributed by atoms with E-state index in [1.165, 1.54) is 39.4 Å². The number of halogens is 1. The molecular formula is C23H23F. The number of hydrogen-bond donors (Lipinski definition) is 0. The maximum Gasteiger partial charge on any atom is 0.123 e. The smallest absolute Gasteiger partial charge is 0.123 e. The molecule has 3 aromatic rings. The van der Waals surface area contributed by atoms with E-state index in [4.69, 9.17) is 0 Å². The molecule has 122 valence electrons. The van der Waals surface area contributed by atoms with Crippen molar-refractivity contribution in [3.05, 3.63) is 82.7 Å². The minimum Gasteiger partial charge on any atom is -0.207 e. The lowest BCUT2D eigenvalue weighted by Gasteiger charge is -2.25. The molecule has 0 nitrogen and oxygen atoms in total. The van der Waals surface area contributed by atoms with Gasteiger partial charge in [-0.1, -0.05) is 55.8 Å². The molecule has 0 N–H and O–H groups in total. The summed E-state index contributed by atoms with van der Waals surface area (Å²) in [5.74, 6) is 0.434. The maximum absolute atomic E-state index is 13.4. The van der Waals surface area contributed by atoms with Gasteiger partial charge in [0.2, 0.25) is 0 Å². The summed E-state index contributed by atoms with van der Waals surface area (Å²) < 4.78 is 13.4. The zero-order chi connectivity index (χ0) is 16.5. The molecule has 1 unspecified atom stereocenters. The number of benzene rings is 3. The lowest BCUT2D eigenvalue weighted by molar-refractivity contribution is 0.573. The first kappa shape index (κ1) is 15.4. The molecular weight excluding hydrogens is 295 g/mol. The average molecular weight is 318 g/mol. The molecule has 0 aliphatic heterocycles. The second kappa shape index (κ2) is 6.39. The minimum atomic E-state index is -0.110. The summed E-state index contributed by atoms with van der Waals surface area (Å²) in [6.45, 7) is 2.22. The Kier molecular flexibility index (Phi) is 4.10. The van der Waals surface area contributed by atoms with Gasteiger partial charge in [0.25, 0.3) is 0 Å². The molecule has 0 saturated carbocycles. The van der Waals surface area contributed by atoms with Gasteiger partial charge in [0.1, 0.15) is 5.82 Å². The summed E-state index contributed by atoms with van der Waals surface area (Å²) >= 11 is 0. The van der Waals surface area contributed by atoms with Gasteiger partial charge in [-0.3, -0.25) is 0 Å². The summed E-state index contributed by atoms with van der Waals surface area (Å²) in [5, 5.41) is 2.67. The van der Waals surface area contributed by atoms with Gasteiger partial charge < -0.3 is 0 Å². The molecule has 0 amide bonds. The fourth-order valence-electron chi connectivity index (χ4n) is 4.02.